The van der Waals surface area contributed by atoms with E-state index in [2.05, 4.69) is 0 Å². The van der Waals surface area contributed by atoms with Crippen molar-refractivity contribution >= 4 is 29.3 Å². The Balaban J connectivity index is 2.05. The molecule has 4 nitrogen and oxygen atoms in total. The summed E-state index contributed by atoms with van der Waals surface area (Å²) in [5.41, 5.74) is 0. The van der Waals surface area contributed by atoms with Crippen LogP contribution in [0.5, 0.6) is 0 Å². The van der Waals surface area contributed by atoms with E-state index in [1.54, 1.807) is 22.3 Å². The largest absolute Gasteiger partial charge is 0.467 e. The number of thiophene rings is 1. The van der Waals surface area contributed by atoms with Crippen molar-refractivity contribution in [3.63, 3.8) is 0 Å². The Morgan fingerprint density at radius 2 is 2.32 bits per heavy atom. The Hall–Kier alpha value is -1.62. The Morgan fingerprint density at radius 1 is 1.47 bits per heavy atom. The lowest BCUT2D eigenvalue weighted by Crippen LogP contribution is -2.47. The van der Waals surface area contributed by atoms with Gasteiger partial charge in [0.15, 0.2) is 0 Å². The highest BCUT2D eigenvalue weighted by atomic mass is 32.1. The molecule has 1 atom stereocenters. The van der Waals surface area contributed by atoms with E-state index < -0.39 is 6.04 Å². The summed E-state index contributed by atoms with van der Waals surface area (Å²) in [7, 11) is 1.36. The second kappa shape index (κ2) is 6.52. The Labute approximate surface area is 116 Å². The van der Waals surface area contributed by atoms with Crippen molar-refractivity contribution in [1.82, 2.24) is 4.90 Å². The van der Waals surface area contributed by atoms with E-state index in [0.717, 1.165) is 17.7 Å². The van der Waals surface area contributed by atoms with Gasteiger partial charge in [-0.25, -0.2) is 4.79 Å². The van der Waals surface area contributed by atoms with Gasteiger partial charge in [0, 0.05) is 17.5 Å². The second-order valence-electron chi connectivity index (χ2n) is 4.42. The van der Waals surface area contributed by atoms with Crippen LogP contribution >= 0.6 is 11.3 Å². The van der Waals surface area contributed by atoms with Crippen LogP contribution in [0.1, 0.15) is 24.1 Å². The highest BCUT2D eigenvalue weighted by Gasteiger charge is 2.31. The van der Waals surface area contributed by atoms with E-state index >= 15 is 0 Å². The molecule has 0 aliphatic carbocycles. The third kappa shape index (κ3) is 3.44. The number of hydrogen-bond acceptors (Lipinski definition) is 4. The summed E-state index contributed by atoms with van der Waals surface area (Å²) >= 11 is 1.57. The normalized spacial score (nSPS) is 19.6. The zero-order valence-corrected chi connectivity index (χ0v) is 11.7. The molecule has 1 fully saturated rings. The van der Waals surface area contributed by atoms with E-state index in [4.69, 9.17) is 4.74 Å². The van der Waals surface area contributed by atoms with Crippen molar-refractivity contribution in [3.05, 3.63) is 28.5 Å². The lowest BCUT2D eigenvalue weighted by atomic mass is 10.0. The first-order valence-electron chi connectivity index (χ1n) is 6.32. The number of methoxy groups -OCH3 is 1. The lowest BCUT2D eigenvalue weighted by molar-refractivity contribution is -0.153. The van der Waals surface area contributed by atoms with Crippen molar-refractivity contribution < 1.29 is 14.3 Å². The van der Waals surface area contributed by atoms with E-state index in [-0.39, 0.29) is 11.9 Å². The minimum absolute atomic E-state index is 0.122. The fraction of sp³-hybridized carbons (Fsp3) is 0.429. The molecule has 0 N–H and O–H groups in total. The maximum Gasteiger partial charge on any atom is 0.328 e. The summed E-state index contributed by atoms with van der Waals surface area (Å²) in [6.45, 7) is 0.618. The minimum Gasteiger partial charge on any atom is -0.467 e. The molecule has 1 saturated heterocycles. The molecule has 0 radical (unpaired) electrons. The van der Waals surface area contributed by atoms with E-state index in [1.807, 2.05) is 17.5 Å². The summed E-state index contributed by atoms with van der Waals surface area (Å²) in [6.07, 6.45) is 5.90. The molecule has 1 aliphatic rings. The SMILES string of the molecule is COC(=O)[C@H]1CCCCN1C(=O)/C=C\c1cccs1. The monoisotopic (exact) mass is 279 g/mol. The number of nitrogens with zero attached hydrogens (tertiary/aromatic N) is 1. The minimum atomic E-state index is -0.431. The van der Waals surface area contributed by atoms with Crippen molar-refractivity contribution in [2.24, 2.45) is 0 Å². The standard InChI is InChI=1S/C14H17NO3S/c1-18-14(17)12-6-2-3-9-15(12)13(16)8-7-11-5-4-10-19-11/h4-5,7-8,10,12H,2-3,6,9H2,1H3/b8-7-/t12-/m1/s1. The molecule has 1 aromatic rings. The summed E-state index contributed by atoms with van der Waals surface area (Å²) in [6, 6.07) is 3.45. The van der Waals surface area contributed by atoms with Crippen molar-refractivity contribution in [2.75, 3.05) is 13.7 Å². The number of likely N-dealkylation sites (tertiary alicyclic amines) is 1. The van der Waals surface area contributed by atoms with E-state index in [0.29, 0.717) is 13.0 Å². The second-order valence-corrected chi connectivity index (χ2v) is 5.39. The maximum atomic E-state index is 12.2. The van der Waals surface area contributed by atoms with Crippen LogP contribution in [0, 0.1) is 0 Å². The summed E-state index contributed by atoms with van der Waals surface area (Å²) in [5.74, 6) is -0.443. The molecule has 2 heterocycles. The van der Waals surface area contributed by atoms with E-state index in [1.165, 1.54) is 13.2 Å². The zero-order valence-electron chi connectivity index (χ0n) is 10.9. The van der Waals surface area contributed by atoms with Crippen molar-refractivity contribution in [3.8, 4) is 0 Å². The maximum absolute atomic E-state index is 12.2. The number of rotatable bonds is 3. The van der Waals surface area contributed by atoms with Gasteiger partial charge in [-0.05, 0) is 36.8 Å². The molecule has 0 saturated carbocycles. The van der Waals surface area contributed by atoms with Crippen LogP contribution in [0.25, 0.3) is 6.08 Å². The van der Waals surface area contributed by atoms with Crippen LogP contribution in [0.4, 0.5) is 0 Å². The molecule has 2 rings (SSSR count). The van der Waals surface area contributed by atoms with Crippen molar-refractivity contribution in [2.45, 2.75) is 25.3 Å². The van der Waals surface area contributed by atoms with Gasteiger partial charge in [0.25, 0.3) is 0 Å². The topological polar surface area (TPSA) is 46.6 Å². The van der Waals surface area contributed by atoms with Gasteiger partial charge in [0.05, 0.1) is 7.11 Å². The fourth-order valence-corrected chi connectivity index (χ4v) is 2.83. The van der Waals surface area contributed by atoms with Gasteiger partial charge >= 0.3 is 5.97 Å². The number of ether oxygens (including phenoxy) is 1. The number of amides is 1. The average molecular weight is 279 g/mol. The van der Waals surface area contributed by atoms with Crippen LogP contribution in [0.3, 0.4) is 0 Å². The smallest absolute Gasteiger partial charge is 0.328 e. The number of esters is 1. The van der Waals surface area contributed by atoms with Crippen molar-refractivity contribution in [1.29, 1.82) is 0 Å². The van der Waals surface area contributed by atoms with Gasteiger partial charge in [-0.3, -0.25) is 4.79 Å². The van der Waals surface area contributed by atoms with Crippen LogP contribution < -0.4 is 0 Å². The molecule has 19 heavy (non-hydrogen) atoms. The third-order valence-corrected chi connectivity index (χ3v) is 4.03. The van der Waals surface area contributed by atoms with Crippen LogP contribution in [-0.2, 0) is 14.3 Å². The lowest BCUT2D eigenvalue weighted by Gasteiger charge is -2.32. The molecule has 5 heteroatoms. The summed E-state index contributed by atoms with van der Waals surface area (Å²) in [4.78, 5) is 26.5. The van der Waals surface area contributed by atoms with Gasteiger partial charge in [0.2, 0.25) is 5.91 Å². The van der Waals surface area contributed by atoms with Crippen LogP contribution in [-0.4, -0.2) is 36.5 Å². The predicted molar refractivity (Wildman–Crippen MR) is 74.7 cm³/mol. The fourth-order valence-electron chi connectivity index (χ4n) is 2.21. The molecule has 0 unspecified atom stereocenters. The van der Waals surface area contributed by atoms with E-state index in [9.17, 15) is 9.59 Å². The predicted octanol–water partition coefficient (Wildman–Crippen LogP) is 2.32. The number of hydrogen-bond donors (Lipinski definition) is 0. The molecule has 1 aliphatic heterocycles. The molecule has 0 spiro atoms. The molecule has 0 bridgehead atoms. The van der Waals surface area contributed by atoms with Gasteiger partial charge in [-0.15, -0.1) is 11.3 Å². The average Bonchev–Trinajstić information content (AvgIpc) is 2.97. The first-order chi connectivity index (χ1) is 9.22. The van der Waals surface area contributed by atoms with Gasteiger partial charge in [-0.2, -0.15) is 0 Å². The van der Waals surface area contributed by atoms with Gasteiger partial charge in [-0.1, -0.05) is 6.07 Å². The first-order valence-corrected chi connectivity index (χ1v) is 7.20. The third-order valence-electron chi connectivity index (χ3n) is 3.19. The Bertz CT molecular complexity index is 467. The highest BCUT2D eigenvalue weighted by molar-refractivity contribution is 7.10. The van der Waals surface area contributed by atoms with Crippen LogP contribution in [0.15, 0.2) is 23.6 Å². The number of carbonyl (C=O) groups excluding carboxylic acids is 2. The molecule has 1 aromatic heterocycles. The number of carbonyl (C=O) groups is 2. The zero-order chi connectivity index (χ0) is 13.7. The molecular weight excluding hydrogens is 262 g/mol. The number of piperidine rings is 1. The Morgan fingerprint density at radius 3 is 3.00 bits per heavy atom. The van der Waals surface area contributed by atoms with Gasteiger partial charge < -0.3 is 9.64 Å². The molecule has 0 aromatic carbocycles. The molecule has 1 amide bonds. The summed E-state index contributed by atoms with van der Waals surface area (Å²) in [5, 5.41) is 1.96. The Kier molecular flexibility index (Phi) is 4.74. The molecule has 102 valence electrons. The highest BCUT2D eigenvalue weighted by Crippen LogP contribution is 2.19. The van der Waals surface area contributed by atoms with Gasteiger partial charge in [0.1, 0.15) is 6.04 Å². The summed E-state index contributed by atoms with van der Waals surface area (Å²) < 4.78 is 4.77. The van der Waals surface area contributed by atoms with Crippen LogP contribution in [0.2, 0.25) is 0 Å². The molecular formula is C14H17NO3S. The quantitative estimate of drug-likeness (QED) is 0.630. The first kappa shape index (κ1) is 13.8.